The van der Waals surface area contributed by atoms with Gasteiger partial charge in [-0.1, -0.05) is 12.2 Å². The number of carbonyl (C=O) groups is 1. The fourth-order valence-electron chi connectivity index (χ4n) is 1.59. The molecular weight excluding hydrogens is 206 g/mol. The monoisotopic (exact) mass is 219 g/mol. The van der Waals surface area contributed by atoms with Gasteiger partial charge in [0.05, 0.1) is 0 Å². The maximum absolute atomic E-state index is 10.3. The van der Waals surface area contributed by atoms with Gasteiger partial charge in [0, 0.05) is 18.8 Å². The molecule has 0 atom stereocenters. The third-order valence-corrected chi connectivity index (χ3v) is 2.38. The first-order valence-electron chi connectivity index (χ1n) is 5.10. The summed E-state index contributed by atoms with van der Waals surface area (Å²) in [7, 11) is 0. The number of rotatable bonds is 4. The van der Waals surface area contributed by atoms with Gasteiger partial charge in [-0.25, -0.2) is 4.79 Å². The Morgan fingerprint density at radius 1 is 1.25 bits per heavy atom. The summed E-state index contributed by atoms with van der Waals surface area (Å²) in [5.41, 5.74) is 1.12. The smallest absolute Gasteiger partial charge is 0.341 e. The molecule has 0 fully saturated rings. The molecule has 1 heterocycles. The number of nitrogens with zero attached hydrogens (tertiary/aromatic N) is 1. The molecule has 0 saturated carbocycles. The Morgan fingerprint density at radius 2 is 1.88 bits per heavy atom. The van der Waals surface area contributed by atoms with E-state index in [2.05, 4.69) is 17.1 Å². The molecule has 0 aliphatic carbocycles. The number of benzene rings is 1. The Hall–Kier alpha value is -1.97. The Balaban J connectivity index is 1.96. The molecule has 4 nitrogen and oxygen atoms in total. The van der Waals surface area contributed by atoms with E-state index in [9.17, 15) is 4.79 Å². The molecule has 2 rings (SSSR count). The highest BCUT2D eigenvalue weighted by Gasteiger charge is 2.07. The lowest BCUT2D eigenvalue weighted by molar-refractivity contribution is -0.139. The van der Waals surface area contributed by atoms with Crippen LogP contribution in [0, 0.1) is 0 Å². The Morgan fingerprint density at radius 3 is 2.44 bits per heavy atom. The van der Waals surface area contributed by atoms with E-state index in [-0.39, 0.29) is 6.61 Å². The second-order valence-corrected chi connectivity index (χ2v) is 3.55. The highest BCUT2D eigenvalue weighted by Crippen LogP contribution is 2.20. The summed E-state index contributed by atoms with van der Waals surface area (Å²) < 4.78 is 5.05. The summed E-state index contributed by atoms with van der Waals surface area (Å²) >= 11 is 0. The molecule has 0 spiro atoms. The zero-order valence-electron chi connectivity index (χ0n) is 8.80. The van der Waals surface area contributed by atoms with Crippen molar-refractivity contribution in [1.82, 2.24) is 0 Å². The molecule has 16 heavy (non-hydrogen) atoms. The summed E-state index contributed by atoms with van der Waals surface area (Å²) in [4.78, 5) is 12.5. The number of carboxylic acid groups (broad SMARTS) is 1. The first-order valence-corrected chi connectivity index (χ1v) is 5.10. The summed E-state index contributed by atoms with van der Waals surface area (Å²) in [5.74, 6) is -0.383. The number of carboxylic acids is 1. The summed E-state index contributed by atoms with van der Waals surface area (Å²) in [6.45, 7) is 1.55. The Labute approximate surface area is 93.8 Å². The van der Waals surface area contributed by atoms with Gasteiger partial charge < -0.3 is 14.7 Å². The van der Waals surface area contributed by atoms with Crippen LogP contribution in [0.5, 0.6) is 5.75 Å². The van der Waals surface area contributed by atoms with Gasteiger partial charge in [-0.3, -0.25) is 0 Å². The number of hydrogen-bond donors (Lipinski definition) is 1. The van der Waals surface area contributed by atoms with Crippen LogP contribution >= 0.6 is 0 Å². The minimum absolute atomic E-state index is 0.301. The largest absolute Gasteiger partial charge is 0.482 e. The van der Waals surface area contributed by atoms with Crippen molar-refractivity contribution in [3.8, 4) is 5.75 Å². The molecule has 1 aromatic rings. The fourth-order valence-corrected chi connectivity index (χ4v) is 1.59. The molecule has 84 valence electrons. The Bertz CT molecular complexity index is 389. The summed E-state index contributed by atoms with van der Waals surface area (Å²) in [6.07, 6.45) is 4.24. The molecule has 1 aliphatic heterocycles. The zero-order chi connectivity index (χ0) is 11.4. The van der Waals surface area contributed by atoms with Crippen LogP contribution in [0.3, 0.4) is 0 Å². The standard InChI is InChI=1S/C12H13NO3/c14-12(15)9-16-11-5-3-10(4-6-11)13-7-1-2-8-13/h1-6H,7-9H2,(H,14,15). The van der Waals surface area contributed by atoms with Crippen LogP contribution in [-0.4, -0.2) is 30.8 Å². The van der Waals surface area contributed by atoms with E-state index >= 15 is 0 Å². The van der Waals surface area contributed by atoms with Crippen LogP contribution in [0.4, 0.5) is 5.69 Å². The van der Waals surface area contributed by atoms with Crippen molar-refractivity contribution in [1.29, 1.82) is 0 Å². The van der Waals surface area contributed by atoms with Crippen LogP contribution in [0.25, 0.3) is 0 Å². The minimum atomic E-state index is -0.965. The fraction of sp³-hybridized carbons (Fsp3) is 0.250. The van der Waals surface area contributed by atoms with Crippen molar-refractivity contribution in [3.05, 3.63) is 36.4 Å². The SMILES string of the molecule is O=C(O)COc1ccc(N2CC=CC2)cc1. The molecule has 0 unspecified atom stereocenters. The van der Waals surface area contributed by atoms with Crippen LogP contribution in [0.1, 0.15) is 0 Å². The topological polar surface area (TPSA) is 49.8 Å². The van der Waals surface area contributed by atoms with Gasteiger partial charge in [-0.05, 0) is 24.3 Å². The first kappa shape index (κ1) is 10.5. The maximum atomic E-state index is 10.3. The highest BCUT2D eigenvalue weighted by molar-refractivity contribution is 5.68. The van der Waals surface area contributed by atoms with Crippen LogP contribution < -0.4 is 9.64 Å². The number of hydrogen-bond acceptors (Lipinski definition) is 3. The number of anilines is 1. The van der Waals surface area contributed by atoms with Crippen molar-refractivity contribution in [2.24, 2.45) is 0 Å². The molecule has 0 amide bonds. The summed E-state index contributed by atoms with van der Waals surface area (Å²) in [5, 5.41) is 8.46. The van der Waals surface area contributed by atoms with Crippen molar-refractivity contribution in [2.75, 3.05) is 24.6 Å². The second-order valence-electron chi connectivity index (χ2n) is 3.55. The van der Waals surface area contributed by atoms with Crippen molar-refractivity contribution >= 4 is 11.7 Å². The third-order valence-electron chi connectivity index (χ3n) is 2.38. The average Bonchev–Trinajstić information content (AvgIpc) is 2.80. The molecule has 1 aromatic carbocycles. The predicted molar refractivity (Wildman–Crippen MR) is 60.9 cm³/mol. The van der Waals surface area contributed by atoms with Crippen LogP contribution in [0.2, 0.25) is 0 Å². The first-order chi connectivity index (χ1) is 7.75. The van der Waals surface area contributed by atoms with E-state index in [1.54, 1.807) is 12.1 Å². The van der Waals surface area contributed by atoms with Crippen molar-refractivity contribution < 1.29 is 14.6 Å². The molecule has 4 heteroatoms. The zero-order valence-corrected chi connectivity index (χ0v) is 8.80. The molecular formula is C12H13NO3. The van der Waals surface area contributed by atoms with E-state index in [4.69, 9.17) is 9.84 Å². The predicted octanol–water partition coefficient (Wildman–Crippen LogP) is 1.53. The molecule has 1 aliphatic rings. The van der Waals surface area contributed by atoms with E-state index < -0.39 is 5.97 Å². The minimum Gasteiger partial charge on any atom is -0.482 e. The molecule has 0 radical (unpaired) electrons. The van der Waals surface area contributed by atoms with Crippen molar-refractivity contribution in [2.45, 2.75) is 0 Å². The molecule has 0 saturated heterocycles. The Kier molecular flexibility index (Phi) is 3.10. The molecule has 0 bridgehead atoms. The highest BCUT2D eigenvalue weighted by atomic mass is 16.5. The average molecular weight is 219 g/mol. The maximum Gasteiger partial charge on any atom is 0.341 e. The van der Waals surface area contributed by atoms with Gasteiger partial charge in [0.1, 0.15) is 5.75 Å². The van der Waals surface area contributed by atoms with Gasteiger partial charge in [0.25, 0.3) is 0 Å². The van der Waals surface area contributed by atoms with Gasteiger partial charge >= 0.3 is 5.97 Å². The van der Waals surface area contributed by atoms with E-state index in [1.807, 2.05) is 12.1 Å². The number of aliphatic carboxylic acids is 1. The quantitative estimate of drug-likeness (QED) is 0.780. The second kappa shape index (κ2) is 4.70. The third kappa shape index (κ3) is 2.53. The van der Waals surface area contributed by atoms with Crippen LogP contribution in [-0.2, 0) is 4.79 Å². The van der Waals surface area contributed by atoms with Gasteiger partial charge in [-0.2, -0.15) is 0 Å². The van der Waals surface area contributed by atoms with Crippen molar-refractivity contribution in [3.63, 3.8) is 0 Å². The number of ether oxygens (including phenoxy) is 1. The van der Waals surface area contributed by atoms with Gasteiger partial charge in [0.15, 0.2) is 6.61 Å². The lowest BCUT2D eigenvalue weighted by Crippen LogP contribution is -2.18. The molecule has 1 N–H and O–H groups in total. The normalized spacial score (nSPS) is 14.1. The van der Waals surface area contributed by atoms with E-state index in [1.165, 1.54) is 0 Å². The lowest BCUT2D eigenvalue weighted by Gasteiger charge is -2.17. The molecule has 0 aromatic heterocycles. The van der Waals surface area contributed by atoms with E-state index in [0.29, 0.717) is 5.75 Å². The summed E-state index contributed by atoms with van der Waals surface area (Å²) in [6, 6.07) is 7.45. The van der Waals surface area contributed by atoms with Gasteiger partial charge in [0.2, 0.25) is 0 Å². The van der Waals surface area contributed by atoms with Crippen LogP contribution in [0.15, 0.2) is 36.4 Å². The van der Waals surface area contributed by atoms with E-state index in [0.717, 1.165) is 18.8 Å². The van der Waals surface area contributed by atoms with Gasteiger partial charge in [-0.15, -0.1) is 0 Å². The lowest BCUT2D eigenvalue weighted by atomic mass is 10.3.